The van der Waals surface area contributed by atoms with Gasteiger partial charge in [-0.05, 0) is 6.92 Å². The number of thiazole rings is 1. The average molecular weight is 194 g/mol. The first-order valence-electron chi connectivity index (χ1n) is 4.03. The summed E-state index contributed by atoms with van der Waals surface area (Å²) in [6.45, 7) is 2.99. The summed E-state index contributed by atoms with van der Waals surface area (Å²) in [6, 6.07) is 0. The molecule has 0 saturated heterocycles. The molecule has 4 nitrogen and oxygen atoms in total. The SMILES string of the molecule is CCn1cncc1-c1cnc(N)s1. The number of hydrogen-bond donors (Lipinski definition) is 1. The Bertz CT molecular complexity index is 404. The zero-order chi connectivity index (χ0) is 9.26. The molecular weight excluding hydrogens is 184 g/mol. The lowest BCUT2D eigenvalue weighted by molar-refractivity contribution is 0.770. The fourth-order valence-electron chi connectivity index (χ4n) is 1.18. The van der Waals surface area contributed by atoms with Gasteiger partial charge in [0.2, 0.25) is 0 Å². The lowest BCUT2D eigenvalue weighted by Crippen LogP contribution is -1.92. The van der Waals surface area contributed by atoms with Crippen molar-refractivity contribution in [2.45, 2.75) is 13.5 Å². The van der Waals surface area contributed by atoms with Crippen LogP contribution in [0.25, 0.3) is 10.6 Å². The molecule has 0 unspecified atom stereocenters. The lowest BCUT2D eigenvalue weighted by Gasteiger charge is -2.00. The second kappa shape index (κ2) is 3.18. The maximum absolute atomic E-state index is 5.55. The lowest BCUT2D eigenvalue weighted by atomic mass is 10.4. The van der Waals surface area contributed by atoms with Crippen molar-refractivity contribution in [3.8, 4) is 10.6 Å². The van der Waals surface area contributed by atoms with E-state index in [2.05, 4.69) is 21.5 Å². The minimum atomic E-state index is 0.596. The van der Waals surface area contributed by atoms with Crippen LogP contribution in [0.2, 0.25) is 0 Å². The largest absolute Gasteiger partial charge is 0.375 e. The van der Waals surface area contributed by atoms with Crippen molar-refractivity contribution in [2.24, 2.45) is 0 Å². The molecule has 68 valence electrons. The summed E-state index contributed by atoms with van der Waals surface area (Å²) in [5.41, 5.74) is 6.63. The normalized spacial score (nSPS) is 10.5. The van der Waals surface area contributed by atoms with Crippen molar-refractivity contribution in [3.63, 3.8) is 0 Å². The van der Waals surface area contributed by atoms with E-state index in [4.69, 9.17) is 5.73 Å². The highest BCUT2D eigenvalue weighted by Crippen LogP contribution is 2.26. The van der Waals surface area contributed by atoms with Gasteiger partial charge >= 0.3 is 0 Å². The highest BCUT2D eigenvalue weighted by atomic mass is 32.1. The minimum Gasteiger partial charge on any atom is -0.375 e. The summed E-state index contributed by atoms with van der Waals surface area (Å²) in [4.78, 5) is 9.15. The van der Waals surface area contributed by atoms with E-state index in [0.717, 1.165) is 17.1 Å². The van der Waals surface area contributed by atoms with Crippen molar-refractivity contribution in [2.75, 3.05) is 5.73 Å². The molecule has 2 rings (SSSR count). The molecule has 2 N–H and O–H groups in total. The second-order valence-electron chi connectivity index (χ2n) is 2.63. The van der Waals surface area contributed by atoms with Crippen LogP contribution in [0.3, 0.4) is 0 Å². The van der Waals surface area contributed by atoms with Crippen LogP contribution in [0.5, 0.6) is 0 Å². The summed E-state index contributed by atoms with van der Waals surface area (Å²) in [6.07, 6.45) is 5.42. The second-order valence-corrected chi connectivity index (χ2v) is 3.69. The molecule has 0 saturated carbocycles. The monoisotopic (exact) mass is 194 g/mol. The predicted molar refractivity (Wildman–Crippen MR) is 53.4 cm³/mol. The molecule has 2 aromatic heterocycles. The Morgan fingerprint density at radius 2 is 2.38 bits per heavy atom. The number of nitrogens with zero attached hydrogens (tertiary/aromatic N) is 3. The van der Waals surface area contributed by atoms with Crippen LogP contribution >= 0.6 is 11.3 Å². The topological polar surface area (TPSA) is 56.7 Å². The molecule has 0 fully saturated rings. The number of nitrogen functional groups attached to an aromatic ring is 1. The molecule has 0 aliphatic carbocycles. The van der Waals surface area contributed by atoms with E-state index in [1.54, 1.807) is 6.20 Å². The summed E-state index contributed by atoms with van der Waals surface area (Å²) in [7, 11) is 0. The van der Waals surface area contributed by atoms with E-state index in [-0.39, 0.29) is 0 Å². The van der Waals surface area contributed by atoms with Crippen LogP contribution in [0.4, 0.5) is 5.13 Å². The summed E-state index contributed by atoms with van der Waals surface area (Å²) >= 11 is 1.48. The van der Waals surface area contributed by atoms with E-state index in [9.17, 15) is 0 Å². The fraction of sp³-hybridized carbons (Fsp3) is 0.250. The van der Waals surface area contributed by atoms with Crippen molar-refractivity contribution in [1.29, 1.82) is 0 Å². The third kappa shape index (κ3) is 1.42. The van der Waals surface area contributed by atoms with Gasteiger partial charge in [0.15, 0.2) is 5.13 Å². The van der Waals surface area contributed by atoms with Gasteiger partial charge in [0, 0.05) is 12.7 Å². The highest BCUT2D eigenvalue weighted by Gasteiger charge is 2.06. The van der Waals surface area contributed by atoms with Gasteiger partial charge in [0.05, 0.1) is 23.1 Å². The van der Waals surface area contributed by atoms with Crippen LogP contribution in [-0.4, -0.2) is 14.5 Å². The Morgan fingerprint density at radius 3 is 3.00 bits per heavy atom. The summed E-state index contributed by atoms with van der Waals surface area (Å²) in [5.74, 6) is 0. The van der Waals surface area contributed by atoms with Crippen LogP contribution in [0.15, 0.2) is 18.7 Å². The van der Waals surface area contributed by atoms with Gasteiger partial charge in [0.1, 0.15) is 0 Å². The number of imidazole rings is 1. The van der Waals surface area contributed by atoms with Gasteiger partial charge < -0.3 is 10.3 Å². The molecule has 0 amide bonds. The number of anilines is 1. The molecule has 0 spiro atoms. The van der Waals surface area contributed by atoms with Crippen molar-refractivity contribution in [1.82, 2.24) is 14.5 Å². The first-order valence-corrected chi connectivity index (χ1v) is 4.84. The van der Waals surface area contributed by atoms with Gasteiger partial charge in [0.25, 0.3) is 0 Å². The molecule has 5 heteroatoms. The molecule has 0 aliphatic heterocycles. The van der Waals surface area contributed by atoms with Gasteiger partial charge in [-0.2, -0.15) is 0 Å². The zero-order valence-corrected chi connectivity index (χ0v) is 8.08. The number of aryl methyl sites for hydroxylation is 1. The van der Waals surface area contributed by atoms with Crippen LogP contribution in [0, 0.1) is 0 Å². The first-order chi connectivity index (χ1) is 6.31. The zero-order valence-electron chi connectivity index (χ0n) is 7.27. The van der Waals surface area contributed by atoms with Crippen LogP contribution in [-0.2, 0) is 6.54 Å². The summed E-state index contributed by atoms with van der Waals surface area (Å²) in [5, 5.41) is 0.596. The molecule has 0 aromatic carbocycles. The van der Waals surface area contributed by atoms with Gasteiger partial charge in [-0.1, -0.05) is 11.3 Å². The van der Waals surface area contributed by atoms with E-state index >= 15 is 0 Å². The Balaban J connectivity index is 2.45. The third-order valence-electron chi connectivity index (χ3n) is 1.83. The third-order valence-corrected chi connectivity index (χ3v) is 2.68. The molecule has 0 radical (unpaired) electrons. The smallest absolute Gasteiger partial charge is 0.180 e. The van der Waals surface area contributed by atoms with E-state index in [1.165, 1.54) is 11.3 Å². The standard InChI is InChI=1S/C8H10N4S/c1-2-12-5-10-3-6(12)7-4-11-8(9)13-7/h3-5H,2H2,1H3,(H2,9,11). The van der Waals surface area contributed by atoms with Crippen LogP contribution in [0.1, 0.15) is 6.92 Å². The Labute approximate surface area is 80.1 Å². The molecule has 0 aliphatic rings. The van der Waals surface area contributed by atoms with Crippen molar-refractivity contribution in [3.05, 3.63) is 18.7 Å². The van der Waals surface area contributed by atoms with Gasteiger partial charge in [-0.25, -0.2) is 9.97 Å². The van der Waals surface area contributed by atoms with E-state index in [1.807, 2.05) is 12.5 Å². The van der Waals surface area contributed by atoms with E-state index < -0.39 is 0 Å². The minimum absolute atomic E-state index is 0.596. The highest BCUT2D eigenvalue weighted by molar-refractivity contribution is 7.18. The molecular formula is C8H10N4S. The maximum Gasteiger partial charge on any atom is 0.180 e. The molecule has 13 heavy (non-hydrogen) atoms. The Morgan fingerprint density at radius 1 is 1.54 bits per heavy atom. The van der Waals surface area contributed by atoms with Crippen LogP contribution < -0.4 is 5.73 Å². The van der Waals surface area contributed by atoms with Gasteiger partial charge in [-0.15, -0.1) is 0 Å². The molecule has 2 aromatic rings. The molecule has 0 bridgehead atoms. The summed E-state index contributed by atoms with van der Waals surface area (Å²) < 4.78 is 2.06. The Hall–Kier alpha value is -1.36. The van der Waals surface area contributed by atoms with Gasteiger partial charge in [-0.3, -0.25) is 0 Å². The Kier molecular flexibility index (Phi) is 2.02. The van der Waals surface area contributed by atoms with Crippen molar-refractivity contribution >= 4 is 16.5 Å². The predicted octanol–water partition coefficient (Wildman–Crippen LogP) is 1.61. The average Bonchev–Trinajstić information content (AvgIpc) is 2.71. The fourth-order valence-corrected chi connectivity index (χ4v) is 1.89. The van der Waals surface area contributed by atoms with Crippen molar-refractivity contribution < 1.29 is 0 Å². The molecule has 2 heterocycles. The van der Waals surface area contributed by atoms with E-state index in [0.29, 0.717) is 5.13 Å². The number of rotatable bonds is 2. The number of hydrogen-bond acceptors (Lipinski definition) is 4. The maximum atomic E-state index is 5.55. The number of aromatic nitrogens is 3. The quantitative estimate of drug-likeness (QED) is 0.790. The molecule has 0 atom stereocenters. The first kappa shape index (κ1) is 8.25. The number of nitrogens with two attached hydrogens (primary N) is 1.